The molecule has 0 aliphatic carbocycles. The summed E-state index contributed by atoms with van der Waals surface area (Å²) in [5, 5.41) is 5.84. The molecule has 0 aromatic heterocycles. The Labute approximate surface area is 248 Å². The van der Waals surface area contributed by atoms with E-state index in [-0.39, 0.29) is 48.3 Å². The second kappa shape index (κ2) is 14.2. The van der Waals surface area contributed by atoms with Crippen molar-refractivity contribution >= 4 is 23.8 Å². The maximum Gasteiger partial charge on any atom is 0.573 e. The Morgan fingerprint density at radius 1 is 0.800 bits per heavy atom. The van der Waals surface area contributed by atoms with Crippen molar-refractivity contribution in [2.75, 3.05) is 25.6 Å². The number of benzene rings is 3. The van der Waals surface area contributed by atoms with Crippen LogP contribution in [0.3, 0.4) is 0 Å². The Balaban J connectivity index is 1.59. The molecular weight excluding hydrogens is 631 g/mol. The van der Waals surface area contributed by atoms with E-state index in [9.17, 15) is 49.1 Å². The molecular formula is C28H21F9N2O6. The van der Waals surface area contributed by atoms with E-state index in [0.29, 0.717) is 18.3 Å². The van der Waals surface area contributed by atoms with E-state index < -0.39 is 53.0 Å². The highest BCUT2D eigenvalue weighted by molar-refractivity contribution is 6.08. The summed E-state index contributed by atoms with van der Waals surface area (Å²) in [6, 6.07) is 8.86. The van der Waals surface area contributed by atoms with Gasteiger partial charge in [-0.25, -0.2) is 4.79 Å². The van der Waals surface area contributed by atoms with E-state index >= 15 is 0 Å². The molecule has 0 atom stereocenters. The number of carbonyl (C=O) groups is 2. The van der Waals surface area contributed by atoms with Gasteiger partial charge in [0.25, 0.3) is 5.91 Å². The number of oxime groups is 1. The maximum absolute atomic E-state index is 13.0. The minimum Gasteiger partial charge on any atom is -0.493 e. The first kappa shape index (κ1) is 34.5. The average Bonchev–Trinajstić information content (AvgIpc) is 2.95. The number of alkyl halides is 9. The SMILES string of the molecule is COC(=O)c1ccc(OCCCON=Cc2cc(C(F)(F)F)cc(C(F)(F)F)c2)cc1NC(=O)c1ccc(OC(F)(F)F)cc1. The third-order valence-corrected chi connectivity index (χ3v) is 5.53. The van der Waals surface area contributed by atoms with Gasteiger partial charge in [-0.05, 0) is 60.2 Å². The zero-order valence-electron chi connectivity index (χ0n) is 22.8. The fraction of sp³-hybridized carbons (Fsp3) is 0.250. The number of carbonyl (C=O) groups excluding carboxylic acids is 2. The number of esters is 1. The minimum absolute atomic E-state index is 0.0154. The average molecular weight is 652 g/mol. The van der Waals surface area contributed by atoms with Gasteiger partial charge in [0.15, 0.2) is 0 Å². The predicted octanol–water partition coefficient (Wildman–Crippen LogP) is 7.48. The molecule has 0 radical (unpaired) electrons. The van der Waals surface area contributed by atoms with Gasteiger partial charge in [-0.15, -0.1) is 13.2 Å². The van der Waals surface area contributed by atoms with Crippen LogP contribution in [0.5, 0.6) is 11.5 Å². The first-order valence-corrected chi connectivity index (χ1v) is 12.4. The Morgan fingerprint density at radius 2 is 1.40 bits per heavy atom. The summed E-state index contributed by atoms with van der Waals surface area (Å²) < 4.78 is 129. The Morgan fingerprint density at radius 3 is 1.96 bits per heavy atom. The molecule has 8 nitrogen and oxygen atoms in total. The topological polar surface area (TPSA) is 95.5 Å². The number of hydrogen-bond acceptors (Lipinski definition) is 7. The lowest BCUT2D eigenvalue weighted by atomic mass is 10.1. The largest absolute Gasteiger partial charge is 0.573 e. The number of ether oxygens (including phenoxy) is 3. The Kier molecular flexibility index (Phi) is 10.9. The van der Waals surface area contributed by atoms with E-state index in [2.05, 4.69) is 19.9 Å². The summed E-state index contributed by atoms with van der Waals surface area (Å²) in [7, 11) is 1.10. The number of nitrogens with zero attached hydrogens (tertiary/aromatic N) is 1. The van der Waals surface area contributed by atoms with Crippen molar-refractivity contribution in [2.24, 2.45) is 5.16 Å². The summed E-state index contributed by atoms with van der Waals surface area (Å²) in [5.74, 6) is -2.00. The first-order valence-electron chi connectivity index (χ1n) is 12.4. The molecule has 3 rings (SSSR count). The van der Waals surface area contributed by atoms with E-state index in [4.69, 9.17) is 9.57 Å². The van der Waals surface area contributed by atoms with Crippen molar-refractivity contribution < 1.29 is 68.2 Å². The van der Waals surface area contributed by atoms with Crippen LogP contribution in [0.4, 0.5) is 45.2 Å². The molecule has 0 saturated heterocycles. The van der Waals surface area contributed by atoms with Crippen LogP contribution >= 0.6 is 0 Å². The van der Waals surface area contributed by atoms with Crippen molar-refractivity contribution in [1.29, 1.82) is 0 Å². The second-order valence-electron chi connectivity index (χ2n) is 8.83. The van der Waals surface area contributed by atoms with Gasteiger partial charge in [-0.3, -0.25) is 4.79 Å². The van der Waals surface area contributed by atoms with Gasteiger partial charge in [-0.1, -0.05) is 5.16 Å². The van der Waals surface area contributed by atoms with E-state index in [1.54, 1.807) is 0 Å². The molecule has 0 spiro atoms. The van der Waals surface area contributed by atoms with E-state index in [0.717, 1.165) is 31.4 Å². The van der Waals surface area contributed by atoms with Gasteiger partial charge in [-0.2, -0.15) is 26.3 Å². The quantitative estimate of drug-likeness (QED) is 0.0759. The van der Waals surface area contributed by atoms with Crippen LogP contribution in [0.1, 0.15) is 43.8 Å². The lowest BCUT2D eigenvalue weighted by molar-refractivity contribution is -0.274. The molecule has 0 unspecified atom stereocenters. The standard InChI is InChI=1S/C28H21F9N2O6/c1-42-25(41)22-8-7-21(14-23(22)39-24(40)17-3-5-20(6-4-17)45-28(35,36)37)43-9-2-10-44-38-15-16-11-18(26(29,30)31)13-19(12-16)27(32,33)34/h3-8,11-15H,2,9-10H2,1H3,(H,39,40). The Bertz CT molecular complexity index is 1490. The monoisotopic (exact) mass is 652 g/mol. The lowest BCUT2D eigenvalue weighted by Gasteiger charge is -2.13. The fourth-order valence-corrected chi connectivity index (χ4v) is 3.52. The van der Waals surface area contributed by atoms with E-state index in [1.165, 1.54) is 18.2 Å². The molecule has 0 aliphatic rings. The molecule has 0 saturated carbocycles. The highest BCUT2D eigenvalue weighted by Gasteiger charge is 2.36. The van der Waals surface area contributed by atoms with Gasteiger partial charge in [0.1, 0.15) is 18.1 Å². The van der Waals surface area contributed by atoms with Crippen molar-refractivity contribution in [2.45, 2.75) is 25.1 Å². The summed E-state index contributed by atoms with van der Waals surface area (Å²) >= 11 is 0. The van der Waals surface area contributed by atoms with Crippen LogP contribution in [-0.4, -0.2) is 44.8 Å². The molecule has 45 heavy (non-hydrogen) atoms. The first-order chi connectivity index (χ1) is 21.0. The molecule has 0 heterocycles. The normalized spacial score (nSPS) is 12.1. The number of amides is 1. The molecule has 0 bridgehead atoms. The van der Waals surface area contributed by atoms with Crippen molar-refractivity contribution in [3.63, 3.8) is 0 Å². The molecule has 0 aliphatic heterocycles. The molecule has 17 heteroatoms. The number of hydrogen-bond donors (Lipinski definition) is 1. The molecule has 3 aromatic rings. The Hall–Kier alpha value is -4.96. The van der Waals surface area contributed by atoms with Crippen molar-refractivity contribution in [1.82, 2.24) is 0 Å². The van der Waals surface area contributed by atoms with Gasteiger partial charge in [0, 0.05) is 18.1 Å². The van der Waals surface area contributed by atoms with E-state index in [1.807, 2.05) is 0 Å². The number of rotatable bonds is 11. The highest BCUT2D eigenvalue weighted by atomic mass is 19.4. The van der Waals surface area contributed by atoms with Gasteiger partial charge in [0.05, 0.1) is 42.3 Å². The minimum atomic E-state index is -5.01. The number of anilines is 1. The van der Waals surface area contributed by atoms with Crippen LogP contribution < -0.4 is 14.8 Å². The number of halogens is 9. The summed E-state index contributed by atoms with van der Waals surface area (Å²) in [4.78, 5) is 29.7. The summed E-state index contributed by atoms with van der Waals surface area (Å²) in [6.07, 6.45) is -14.1. The van der Waals surface area contributed by atoms with Gasteiger partial charge >= 0.3 is 24.7 Å². The fourth-order valence-electron chi connectivity index (χ4n) is 3.52. The van der Waals surface area contributed by atoms with Gasteiger partial charge < -0.3 is 24.4 Å². The lowest BCUT2D eigenvalue weighted by Crippen LogP contribution is -2.18. The summed E-state index contributed by atoms with van der Waals surface area (Å²) in [6.45, 7) is -0.192. The molecule has 242 valence electrons. The van der Waals surface area contributed by atoms with Crippen LogP contribution in [0.2, 0.25) is 0 Å². The third kappa shape index (κ3) is 10.6. The number of methoxy groups -OCH3 is 1. The maximum atomic E-state index is 13.0. The van der Waals surface area contributed by atoms with Crippen molar-refractivity contribution in [3.8, 4) is 11.5 Å². The second-order valence-corrected chi connectivity index (χ2v) is 8.83. The zero-order chi connectivity index (χ0) is 33.4. The molecule has 3 aromatic carbocycles. The van der Waals surface area contributed by atoms with Gasteiger partial charge in [0.2, 0.25) is 0 Å². The smallest absolute Gasteiger partial charge is 0.493 e. The van der Waals surface area contributed by atoms with Crippen LogP contribution in [0.25, 0.3) is 0 Å². The third-order valence-electron chi connectivity index (χ3n) is 5.53. The molecule has 0 fully saturated rings. The summed E-state index contributed by atoms with van der Waals surface area (Å²) in [5.41, 5.74) is -3.69. The number of nitrogens with one attached hydrogen (secondary N) is 1. The zero-order valence-corrected chi connectivity index (χ0v) is 22.8. The van der Waals surface area contributed by atoms with Crippen LogP contribution in [0, 0.1) is 0 Å². The van der Waals surface area contributed by atoms with Crippen LogP contribution in [-0.2, 0) is 21.9 Å². The van der Waals surface area contributed by atoms with Crippen molar-refractivity contribution in [3.05, 3.63) is 88.5 Å². The predicted molar refractivity (Wildman–Crippen MR) is 139 cm³/mol. The van der Waals surface area contributed by atoms with Crippen LogP contribution in [0.15, 0.2) is 65.8 Å². The molecule has 1 amide bonds. The highest BCUT2D eigenvalue weighted by Crippen LogP contribution is 2.36. The molecule has 1 N–H and O–H groups in total.